The Morgan fingerprint density at radius 2 is 1.41 bits per heavy atom. The van der Waals surface area contributed by atoms with Gasteiger partial charge in [0.05, 0.1) is 19.3 Å². The first-order chi connectivity index (χ1) is 9.91. The summed E-state index contributed by atoms with van der Waals surface area (Å²) in [5.74, 6) is 0. The molecule has 0 amide bonds. The molecule has 120 valence electrons. The van der Waals surface area contributed by atoms with Crippen molar-refractivity contribution >= 4 is 20.7 Å². The summed E-state index contributed by atoms with van der Waals surface area (Å²) in [4.78, 5) is 0. The van der Waals surface area contributed by atoms with E-state index in [2.05, 4.69) is 84.2 Å². The topological polar surface area (TPSA) is 18.5 Å². The van der Waals surface area contributed by atoms with E-state index in [-0.39, 0.29) is 18.3 Å². The van der Waals surface area contributed by atoms with Crippen LogP contribution in [0.4, 0.5) is 0 Å². The third-order valence-corrected chi connectivity index (χ3v) is 5.66. The van der Waals surface area contributed by atoms with Crippen LogP contribution in [0.3, 0.4) is 0 Å². The van der Waals surface area contributed by atoms with Crippen LogP contribution in [0.1, 0.15) is 38.8 Å². The molecule has 4 heteroatoms. The SMILES string of the molecule is Cc1ccc(/C(=C\[Si](C)(C)C)B2OC(C)(C)C(C)(C)O2)cc1. The van der Waals surface area contributed by atoms with Crippen LogP contribution in [-0.2, 0) is 9.31 Å². The maximum atomic E-state index is 6.29. The molecule has 0 aromatic heterocycles. The lowest BCUT2D eigenvalue weighted by Gasteiger charge is -2.32. The average Bonchev–Trinajstić information content (AvgIpc) is 2.55. The minimum absolute atomic E-state index is 0.292. The second-order valence-electron chi connectivity index (χ2n) is 8.42. The first-order valence-electron chi connectivity index (χ1n) is 8.07. The zero-order valence-corrected chi connectivity index (χ0v) is 16.3. The van der Waals surface area contributed by atoms with Crippen molar-refractivity contribution in [2.45, 2.75) is 65.5 Å². The molecule has 2 nitrogen and oxygen atoms in total. The number of hydrogen-bond donors (Lipinski definition) is 0. The van der Waals surface area contributed by atoms with Gasteiger partial charge in [0.2, 0.25) is 0 Å². The van der Waals surface area contributed by atoms with Crippen LogP contribution < -0.4 is 0 Å². The first kappa shape index (κ1) is 17.5. The predicted octanol–water partition coefficient (Wildman–Crippen LogP) is 4.89. The third-order valence-electron chi connectivity index (χ3n) is 4.48. The van der Waals surface area contributed by atoms with Gasteiger partial charge >= 0.3 is 7.12 Å². The molecule has 1 saturated heterocycles. The van der Waals surface area contributed by atoms with Crippen molar-refractivity contribution in [2.24, 2.45) is 0 Å². The Labute approximate surface area is 137 Å². The molecule has 1 aliphatic heterocycles. The molecule has 0 saturated carbocycles. The highest BCUT2D eigenvalue weighted by molar-refractivity contribution is 6.85. The molecule has 0 unspecified atom stereocenters. The van der Waals surface area contributed by atoms with Crippen molar-refractivity contribution < 1.29 is 9.31 Å². The highest BCUT2D eigenvalue weighted by Gasteiger charge is 2.52. The first-order valence-corrected chi connectivity index (χ1v) is 11.6. The maximum absolute atomic E-state index is 6.29. The smallest absolute Gasteiger partial charge is 0.399 e. The van der Waals surface area contributed by atoms with E-state index in [4.69, 9.17) is 9.31 Å². The molecule has 0 atom stereocenters. The van der Waals surface area contributed by atoms with Gasteiger partial charge in [0.25, 0.3) is 0 Å². The van der Waals surface area contributed by atoms with Crippen molar-refractivity contribution in [1.29, 1.82) is 0 Å². The Bertz CT molecular complexity index is 552. The maximum Gasteiger partial charge on any atom is 0.494 e. The van der Waals surface area contributed by atoms with Gasteiger partial charge < -0.3 is 9.31 Å². The Balaban J connectivity index is 2.44. The second kappa shape index (κ2) is 5.66. The molecular formula is C18H29BO2Si. The zero-order chi connectivity index (χ0) is 16.8. The van der Waals surface area contributed by atoms with Crippen LogP contribution in [0.2, 0.25) is 19.6 Å². The minimum atomic E-state index is -1.40. The zero-order valence-electron chi connectivity index (χ0n) is 15.3. The molecule has 1 aromatic rings. The van der Waals surface area contributed by atoms with Crippen LogP contribution in [0.25, 0.3) is 5.47 Å². The Morgan fingerprint density at radius 1 is 0.955 bits per heavy atom. The molecule has 1 heterocycles. The van der Waals surface area contributed by atoms with E-state index >= 15 is 0 Å². The molecule has 1 fully saturated rings. The average molecular weight is 316 g/mol. The molecule has 0 bridgehead atoms. The minimum Gasteiger partial charge on any atom is -0.399 e. The van der Waals surface area contributed by atoms with Crippen LogP contribution >= 0.6 is 0 Å². The van der Waals surface area contributed by atoms with E-state index in [0.29, 0.717) is 0 Å². The number of benzene rings is 1. The van der Waals surface area contributed by atoms with Crippen molar-refractivity contribution in [3.05, 3.63) is 41.1 Å². The Kier molecular flexibility index (Phi) is 4.51. The van der Waals surface area contributed by atoms with E-state index in [1.807, 2.05) is 0 Å². The molecule has 2 rings (SSSR count). The van der Waals surface area contributed by atoms with Crippen LogP contribution in [0.5, 0.6) is 0 Å². The summed E-state index contributed by atoms with van der Waals surface area (Å²) in [7, 11) is -1.69. The van der Waals surface area contributed by atoms with Gasteiger partial charge in [0.15, 0.2) is 0 Å². The van der Waals surface area contributed by atoms with E-state index in [9.17, 15) is 0 Å². The van der Waals surface area contributed by atoms with Gasteiger partial charge in [-0.05, 0) is 45.7 Å². The monoisotopic (exact) mass is 316 g/mol. The number of aryl methyl sites for hydroxylation is 1. The van der Waals surface area contributed by atoms with Gasteiger partial charge in [0, 0.05) is 0 Å². The molecule has 0 radical (unpaired) electrons. The van der Waals surface area contributed by atoms with Gasteiger partial charge in [-0.1, -0.05) is 55.2 Å². The number of hydrogen-bond acceptors (Lipinski definition) is 2. The standard InChI is InChI=1S/C18H29BO2Si/c1-14-9-11-15(12-10-14)16(13-22(6,7)8)19-20-17(2,3)18(4,5)21-19/h9-13H,1-8H3/b16-13+. The van der Waals surface area contributed by atoms with Crippen molar-refractivity contribution in [3.8, 4) is 0 Å². The summed E-state index contributed by atoms with van der Waals surface area (Å²) in [5, 5.41) is 0. The van der Waals surface area contributed by atoms with Crippen LogP contribution in [0.15, 0.2) is 30.0 Å². The van der Waals surface area contributed by atoms with Gasteiger partial charge in [-0.2, -0.15) is 0 Å². The summed E-state index contributed by atoms with van der Waals surface area (Å²) >= 11 is 0. The lowest BCUT2D eigenvalue weighted by atomic mass is 9.75. The van der Waals surface area contributed by atoms with Gasteiger partial charge in [-0.25, -0.2) is 0 Å². The summed E-state index contributed by atoms with van der Waals surface area (Å²) in [6.07, 6.45) is 0. The Hall–Kier alpha value is -0.838. The fourth-order valence-electron chi connectivity index (χ4n) is 2.47. The van der Waals surface area contributed by atoms with E-state index in [0.717, 1.165) is 0 Å². The Morgan fingerprint density at radius 3 is 1.82 bits per heavy atom. The third kappa shape index (κ3) is 3.73. The van der Waals surface area contributed by atoms with Crippen LogP contribution in [0, 0.1) is 6.92 Å². The van der Waals surface area contributed by atoms with Gasteiger partial charge in [-0.15, -0.1) is 0 Å². The normalized spacial score (nSPS) is 21.3. The molecular weight excluding hydrogens is 287 g/mol. The lowest BCUT2D eigenvalue weighted by Crippen LogP contribution is -2.41. The molecule has 0 N–H and O–H groups in total. The quantitative estimate of drug-likeness (QED) is 0.739. The lowest BCUT2D eigenvalue weighted by molar-refractivity contribution is 0.00578. The van der Waals surface area contributed by atoms with E-state index in [1.54, 1.807) is 0 Å². The summed E-state index contributed by atoms with van der Waals surface area (Å²) in [5.41, 5.74) is 5.44. The fourth-order valence-corrected chi connectivity index (χ4v) is 3.71. The van der Waals surface area contributed by atoms with Gasteiger partial charge in [-0.3, -0.25) is 0 Å². The van der Waals surface area contributed by atoms with Crippen LogP contribution in [-0.4, -0.2) is 26.4 Å². The van der Waals surface area contributed by atoms with Crippen molar-refractivity contribution in [2.75, 3.05) is 0 Å². The van der Waals surface area contributed by atoms with Crippen molar-refractivity contribution in [1.82, 2.24) is 0 Å². The highest BCUT2D eigenvalue weighted by Crippen LogP contribution is 2.40. The molecule has 0 aliphatic carbocycles. The summed E-state index contributed by atoms with van der Waals surface area (Å²) in [6.45, 7) is 17.6. The highest BCUT2D eigenvalue weighted by atomic mass is 28.3. The largest absolute Gasteiger partial charge is 0.494 e. The molecule has 22 heavy (non-hydrogen) atoms. The molecule has 1 aromatic carbocycles. The summed E-state index contributed by atoms with van der Waals surface area (Å²) < 4.78 is 12.6. The number of rotatable bonds is 3. The van der Waals surface area contributed by atoms with Crippen molar-refractivity contribution in [3.63, 3.8) is 0 Å². The summed E-state index contributed by atoms with van der Waals surface area (Å²) in [6, 6.07) is 8.65. The van der Waals surface area contributed by atoms with E-state index < -0.39 is 8.07 Å². The predicted molar refractivity (Wildman–Crippen MR) is 98.6 cm³/mol. The molecule has 0 spiro atoms. The van der Waals surface area contributed by atoms with Gasteiger partial charge in [0.1, 0.15) is 0 Å². The van der Waals surface area contributed by atoms with E-state index in [1.165, 1.54) is 16.6 Å². The second-order valence-corrected chi connectivity index (χ2v) is 13.4. The molecule has 1 aliphatic rings. The fraction of sp³-hybridized carbons (Fsp3) is 0.556.